The summed E-state index contributed by atoms with van der Waals surface area (Å²) in [5.74, 6) is 0.772. The predicted octanol–water partition coefficient (Wildman–Crippen LogP) is 1.96. The number of likely N-dealkylation sites (N-methyl/N-ethyl adjacent to an activating group) is 1. The van der Waals surface area contributed by atoms with Crippen molar-refractivity contribution in [3.63, 3.8) is 0 Å². The zero-order valence-corrected chi connectivity index (χ0v) is 11.9. The summed E-state index contributed by atoms with van der Waals surface area (Å²) in [6, 6.07) is 6.07. The van der Waals surface area contributed by atoms with E-state index < -0.39 is 0 Å². The van der Waals surface area contributed by atoms with Crippen LogP contribution in [0.3, 0.4) is 0 Å². The Bertz CT molecular complexity index is 483. The molecule has 4 nitrogen and oxygen atoms in total. The van der Waals surface area contributed by atoms with Gasteiger partial charge in [-0.2, -0.15) is 0 Å². The van der Waals surface area contributed by atoms with Crippen LogP contribution in [0.25, 0.3) is 0 Å². The number of rotatable bonds is 4. The molecule has 1 amide bonds. The summed E-state index contributed by atoms with van der Waals surface area (Å²) in [4.78, 5) is 13.3. The number of carbonyl (C=O) groups is 1. The smallest absolute Gasteiger partial charge is 0.264 e. The zero-order valence-electron chi connectivity index (χ0n) is 11.9. The van der Waals surface area contributed by atoms with Crippen molar-refractivity contribution < 1.29 is 9.53 Å². The SMILES string of the molecule is CN1C(=O)COc2ccc(CC(C)(C)CCN)cc21. The second-order valence-corrected chi connectivity index (χ2v) is 5.92. The maximum absolute atomic E-state index is 11.6. The third kappa shape index (κ3) is 3.07. The van der Waals surface area contributed by atoms with Crippen LogP contribution in [-0.2, 0) is 11.2 Å². The Morgan fingerprint density at radius 3 is 2.84 bits per heavy atom. The summed E-state index contributed by atoms with van der Waals surface area (Å²) in [5, 5.41) is 0. The summed E-state index contributed by atoms with van der Waals surface area (Å²) in [7, 11) is 1.79. The van der Waals surface area contributed by atoms with Crippen LogP contribution in [0.1, 0.15) is 25.8 Å². The fourth-order valence-corrected chi connectivity index (χ4v) is 2.46. The van der Waals surface area contributed by atoms with E-state index in [4.69, 9.17) is 10.5 Å². The molecule has 0 saturated heterocycles. The highest BCUT2D eigenvalue weighted by atomic mass is 16.5. The van der Waals surface area contributed by atoms with Gasteiger partial charge >= 0.3 is 0 Å². The average molecular weight is 262 g/mol. The molecule has 2 rings (SSSR count). The van der Waals surface area contributed by atoms with Gasteiger partial charge in [-0.05, 0) is 42.5 Å². The van der Waals surface area contributed by atoms with Gasteiger partial charge in [-0.15, -0.1) is 0 Å². The van der Waals surface area contributed by atoms with Gasteiger partial charge in [0.1, 0.15) is 5.75 Å². The van der Waals surface area contributed by atoms with Gasteiger partial charge < -0.3 is 15.4 Å². The third-order valence-electron chi connectivity index (χ3n) is 3.61. The third-order valence-corrected chi connectivity index (χ3v) is 3.61. The molecule has 0 bridgehead atoms. The second kappa shape index (κ2) is 5.21. The van der Waals surface area contributed by atoms with E-state index >= 15 is 0 Å². The van der Waals surface area contributed by atoms with Crippen molar-refractivity contribution in [2.45, 2.75) is 26.7 Å². The maximum atomic E-state index is 11.6. The topological polar surface area (TPSA) is 55.6 Å². The Kier molecular flexibility index (Phi) is 3.80. The lowest BCUT2D eigenvalue weighted by Gasteiger charge is -2.28. The fourth-order valence-electron chi connectivity index (χ4n) is 2.46. The highest BCUT2D eigenvalue weighted by molar-refractivity contribution is 5.97. The van der Waals surface area contributed by atoms with Crippen LogP contribution in [0.5, 0.6) is 5.75 Å². The number of amides is 1. The van der Waals surface area contributed by atoms with Crippen LogP contribution >= 0.6 is 0 Å². The quantitative estimate of drug-likeness (QED) is 0.902. The van der Waals surface area contributed by atoms with Crippen molar-refractivity contribution in [1.82, 2.24) is 0 Å². The van der Waals surface area contributed by atoms with E-state index in [9.17, 15) is 4.79 Å². The normalized spacial score (nSPS) is 15.2. The molecule has 0 aliphatic carbocycles. The number of hydrogen-bond acceptors (Lipinski definition) is 3. The first-order valence-electron chi connectivity index (χ1n) is 6.65. The lowest BCUT2D eigenvalue weighted by molar-refractivity contribution is -0.120. The van der Waals surface area contributed by atoms with Gasteiger partial charge in [-0.25, -0.2) is 0 Å². The molecule has 0 unspecified atom stereocenters. The molecular formula is C15H22N2O2. The monoisotopic (exact) mass is 262 g/mol. The Morgan fingerprint density at radius 2 is 2.16 bits per heavy atom. The number of benzene rings is 1. The number of anilines is 1. The van der Waals surface area contributed by atoms with Gasteiger partial charge in [0.15, 0.2) is 6.61 Å². The summed E-state index contributed by atoms with van der Waals surface area (Å²) in [6.07, 6.45) is 1.93. The van der Waals surface area contributed by atoms with E-state index in [1.54, 1.807) is 11.9 Å². The molecule has 1 heterocycles. The molecule has 0 atom stereocenters. The first kappa shape index (κ1) is 13.9. The molecule has 0 aromatic heterocycles. The van der Waals surface area contributed by atoms with Gasteiger partial charge in [0.2, 0.25) is 0 Å². The molecule has 19 heavy (non-hydrogen) atoms. The minimum Gasteiger partial charge on any atom is -0.482 e. The molecular weight excluding hydrogens is 240 g/mol. The molecule has 1 aromatic rings. The van der Waals surface area contributed by atoms with Crippen molar-refractivity contribution in [1.29, 1.82) is 0 Å². The van der Waals surface area contributed by atoms with Gasteiger partial charge in [0.05, 0.1) is 5.69 Å². The van der Waals surface area contributed by atoms with E-state index in [0.29, 0.717) is 6.54 Å². The van der Waals surface area contributed by atoms with Crippen molar-refractivity contribution in [2.24, 2.45) is 11.1 Å². The lowest BCUT2D eigenvalue weighted by Crippen LogP contribution is -2.35. The first-order valence-corrected chi connectivity index (χ1v) is 6.65. The Balaban J connectivity index is 2.23. The minimum atomic E-state index is -0.00846. The molecule has 0 saturated carbocycles. The maximum Gasteiger partial charge on any atom is 0.264 e. The molecule has 4 heteroatoms. The summed E-state index contributed by atoms with van der Waals surface area (Å²) >= 11 is 0. The number of nitrogens with zero attached hydrogens (tertiary/aromatic N) is 1. The van der Waals surface area contributed by atoms with E-state index in [1.807, 2.05) is 12.1 Å². The second-order valence-electron chi connectivity index (χ2n) is 5.92. The molecule has 1 aliphatic rings. The van der Waals surface area contributed by atoms with E-state index in [1.165, 1.54) is 5.56 Å². The van der Waals surface area contributed by atoms with Gasteiger partial charge in [-0.3, -0.25) is 4.79 Å². The van der Waals surface area contributed by atoms with Crippen molar-refractivity contribution in [3.8, 4) is 5.75 Å². The predicted molar refractivity (Wildman–Crippen MR) is 76.5 cm³/mol. The Labute approximate surface area is 114 Å². The van der Waals surface area contributed by atoms with Gasteiger partial charge in [-0.1, -0.05) is 19.9 Å². The average Bonchev–Trinajstić information content (AvgIpc) is 2.34. The van der Waals surface area contributed by atoms with Crippen LogP contribution in [0.2, 0.25) is 0 Å². The van der Waals surface area contributed by atoms with Gasteiger partial charge in [0, 0.05) is 7.05 Å². The molecule has 1 aromatic carbocycles. The highest BCUT2D eigenvalue weighted by Gasteiger charge is 2.24. The fraction of sp³-hybridized carbons (Fsp3) is 0.533. The number of carbonyl (C=O) groups excluding carboxylic acids is 1. The summed E-state index contributed by atoms with van der Waals surface area (Å²) in [5.41, 5.74) is 7.88. The first-order chi connectivity index (χ1) is 8.93. The largest absolute Gasteiger partial charge is 0.482 e. The van der Waals surface area contributed by atoms with Crippen LogP contribution in [-0.4, -0.2) is 26.1 Å². The molecule has 0 radical (unpaired) electrons. The standard InChI is InChI=1S/C15H22N2O2/c1-15(2,6-7-16)9-11-4-5-13-12(8-11)17(3)14(18)10-19-13/h4-5,8H,6-7,9-10,16H2,1-3H3. The molecule has 2 N–H and O–H groups in total. The molecule has 1 aliphatic heterocycles. The Hall–Kier alpha value is -1.55. The van der Waals surface area contributed by atoms with Gasteiger partial charge in [0.25, 0.3) is 5.91 Å². The molecule has 0 fully saturated rings. The zero-order chi connectivity index (χ0) is 14.0. The van der Waals surface area contributed by atoms with Crippen molar-refractivity contribution in [3.05, 3.63) is 23.8 Å². The highest BCUT2D eigenvalue weighted by Crippen LogP contribution is 2.34. The van der Waals surface area contributed by atoms with Crippen LogP contribution in [0.15, 0.2) is 18.2 Å². The van der Waals surface area contributed by atoms with Crippen molar-refractivity contribution >= 4 is 11.6 Å². The summed E-state index contributed by atoms with van der Waals surface area (Å²) < 4.78 is 5.43. The number of hydrogen-bond donors (Lipinski definition) is 1. The van der Waals surface area contributed by atoms with Crippen LogP contribution in [0, 0.1) is 5.41 Å². The lowest BCUT2D eigenvalue weighted by atomic mass is 9.82. The molecule has 104 valence electrons. The number of nitrogens with two attached hydrogens (primary N) is 1. The number of ether oxygens (including phenoxy) is 1. The van der Waals surface area contributed by atoms with Crippen molar-refractivity contribution in [2.75, 3.05) is 25.1 Å². The Morgan fingerprint density at radius 1 is 1.42 bits per heavy atom. The van der Waals surface area contributed by atoms with E-state index in [2.05, 4.69) is 19.9 Å². The van der Waals surface area contributed by atoms with E-state index in [-0.39, 0.29) is 17.9 Å². The summed E-state index contributed by atoms with van der Waals surface area (Å²) in [6.45, 7) is 5.25. The van der Waals surface area contributed by atoms with E-state index in [0.717, 1.165) is 24.3 Å². The van der Waals surface area contributed by atoms with Crippen LogP contribution in [0.4, 0.5) is 5.69 Å². The molecule has 0 spiro atoms. The minimum absolute atomic E-state index is 0.00846. The van der Waals surface area contributed by atoms with Crippen LogP contribution < -0.4 is 15.4 Å². The number of fused-ring (bicyclic) bond motifs is 1.